The molecule has 0 heterocycles. The second kappa shape index (κ2) is 7.88. The maximum atomic E-state index is 12.4. The van der Waals surface area contributed by atoms with Crippen LogP contribution < -0.4 is 0 Å². The zero-order valence-corrected chi connectivity index (χ0v) is 13.6. The number of hydroxylamine groups is 2. The van der Waals surface area contributed by atoms with Gasteiger partial charge in [-0.05, 0) is 30.5 Å². The Morgan fingerprint density at radius 2 is 1.54 bits per heavy atom. The molecule has 4 heteroatoms. The SMILES string of the molecule is O=C1CCC(N(Cc2ccccc2)OC(=O)c2ccccc2)CC1. The average Bonchev–Trinajstić information content (AvgIpc) is 2.63. The van der Waals surface area contributed by atoms with Gasteiger partial charge in [-0.1, -0.05) is 48.5 Å². The van der Waals surface area contributed by atoms with Gasteiger partial charge >= 0.3 is 5.97 Å². The molecule has 1 fully saturated rings. The Labute approximate surface area is 142 Å². The van der Waals surface area contributed by atoms with E-state index in [4.69, 9.17) is 4.84 Å². The summed E-state index contributed by atoms with van der Waals surface area (Å²) in [6.07, 6.45) is 2.57. The van der Waals surface area contributed by atoms with Gasteiger partial charge in [0.2, 0.25) is 0 Å². The molecule has 24 heavy (non-hydrogen) atoms. The highest BCUT2D eigenvalue weighted by Crippen LogP contribution is 2.23. The zero-order chi connectivity index (χ0) is 16.8. The molecule has 0 spiro atoms. The van der Waals surface area contributed by atoms with Gasteiger partial charge < -0.3 is 4.84 Å². The van der Waals surface area contributed by atoms with E-state index in [-0.39, 0.29) is 12.0 Å². The van der Waals surface area contributed by atoms with Crippen LogP contribution in [-0.4, -0.2) is 22.9 Å². The number of nitrogens with zero attached hydrogens (tertiary/aromatic N) is 1. The highest BCUT2D eigenvalue weighted by atomic mass is 16.7. The molecule has 124 valence electrons. The Hall–Kier alpha value is -2.46. The third-order valence-electron chi connectivity index (χ3n) is 4.31. The van der Waals surface area contributed by atoms with Crippen molar-refractivity contribution in [2.45, 2.75) is 38.3 Å². The summed E-state index contributed by atoms with van der Waals surface area (Å²) < 4.78 is 0. The molecule has 2 aromatic rings. The molecule has 0 bridgehead atoms. The van der Waals surface area contributed by atoms with E-state index in [0.717, 1.165) is 18.4 Å². The van der Waals surface area contributed by atoms with Crippen molar-refractivity contribution in [2.24, 2.45) is 0 Å². The van der Waals surface area contributed by atoms with E-state index in [2.05, 4.69) is 0 Å². The number of carbonyl (C=O) groups excluding carboxylic acids is 2. The van der Waals surface area contributed by atoms with E-state index in [1.54, 1.807) is 17.2 Å². The number of hydrogen-bond acceptors (Lipinski definition) is 4. The van der Waals surface area contributed by atoms with Gasteiger partial charge in [0, 0.05) is 18.9 Å². The lowest BCUT2D eigenvalue weighted by Gasteiger charge is -2.32. The molecule has 0 aliphatic heterocycles. The topological polar surface area (TPSA) is 46.6 Å². The van der Waals surface area contributed by atoms with Gasteiger partial charge in [0.1, 0.15) is 5.78 Å². The minimum atomic E-state index is -0.358. The molecule has 2 aromatic carbocycles. The van der Waals surface area contributed by atoms with E-state index in [0.29, 0.717) is 30.7 Å². The maximum absolute atomic E-state index is 12.4. The monoisotopic (exact) mass is 323 g/mol. The smallest absolute Gasteiger partial charge is 0.357 e. The van der Waals surface area contributed by atoms with E-state index >= 15 is 0 Å². The minimum Gasteiger partial charge on any atom is -0.363 e. The van der Waals surface area contributed by atoms with Gasteiger partial charge in [-0.2, -0.15) is 0 Å². The van der Waals surface area contributed by atoms with Gasteiger partial charge in [-0.3, -0.25) is 4.79 Å². The van der Waals surface area contributed by atoms with Crippen LogP contribution in [0.3, 0.4) is 0 Å². The van der Waals surface area contributed by atoms with E-state index in [1.807, 2.05) is 48.5 Å². The fourth-order valence-electron chi connectivity index (χ4n) is 2.95. The summed E-state index contributed by atoms with van der Waals surface area (Å²) in [6.45, 7) is 0.526. The summed E-state index contributed by atoms with van der Waals surface area (Å²) in [5.74, 6) is -0.0660. The molecular formula is C20H21NO3. The van der Waals surface area contributed by atoms with Crippen LogP contribution in [0.4, 0.5) is 0 Å². The van der Waals surface area contributed by atoms with Crippen molar-refractivity contribution in [3.63, 3.8) is 0 Å². The molecule has 4 nitrogen and oxygen atoms in total. The lowest BCUT2D eigenvalue weighted by atomic mass is 9.94. The molecule has 1 saturated carbocycles. The van der Waals surface area contributed by atoms with E-state index < -0.39 is 0 Å². The Kier molecular flexibility index (Phi) is 5.39. The molecule has 0 unspecified atom stereocenters. The Bertz CT molecular complexity index is 675. The first-order chi connectivity index (χ1) is 11.7. The van der Waals surface area contributed by atoms with Crippen molar-refractivity contribution >= 4 is 11.8 Å². The summed E-state index contributed by atoms with van der Waals surface area (Å²) in [4.78, 5) is 29.6. The largest absolute Gasteiger partial charge is 0.363 e. The fraction of sp³-hybridized carbons (Fsp3) is 0.300. The molecule has 1 aliphatic carbocycles. The van der Waals surface area contributed by atoms with Crippen LogP contribution >= 0.6 is 0 Å². The molecule has 0 saturated heterocycles. The first-order valence-electron chi connectivity index (χ1n) is 8.32. The Balaban J connectivity index is 1.74. The van der Waals surface area contributed by atoms with Crippen LogP contribution in [0.1, 0.15) is 41.6 Å². The van der Waals surface area contributed by atoms with Crippen molar-refractivity contribution < 1.29 is 14.4 Å². The van der Waals surface area contributed by atoms with Crippen LogP contribution in [0, 0.1) is 0 Å². The molecule has 0 atom stereocenters. The van der Waals surface area contributed by atoms with Gasteiger partial charge in [0.15, 0.2) is 0 Å². The van der Waals surface area contributed by atoms with Crippen molar-refractivity contribution in [1.29, 1.82) is 0 Å². The lowest BCUT2D eigenvalue weighted by molar-refractivity contribution is -0.155. The number of Topliss-reactive ketones (excluding diaryl/α,β-unsaturated/α-hetero) is 1. The van der Waals surface area contributed by atoms with Crippen LogP contribution in [0.15, 0.2) is 60.7 Å². The predicted molar refractivity (Wildman–Crippen MR) is 91.1 cm³/mol. The summed E-state index contributed by atoms with van der Waals surface area (Å²) in [5, 5.41) is 1.75. The summed E-state index contributed by atoms with van der Waals surface area (Å²) in [7, 11) is 0. The minimum absolute atomic E-state index is 0.0792. The molecule has 1 aliphatic rings. The Morgan fingerprint density at radius 1 is 0.958 bits per heavy atom. The molecule has 0 aromatic heterocycles. The maximum Gasteiger partial charge on any atom is 0.357 e. The van der Waals surface area contributed by atoms with Crippen molar-refractivity contribution in [3.05, 3.63) is 71.8 Å². The second-order valence-corrected chi connectivity index (χ2v) is 6.08. The van der Waals surface area contributed by atoms with Crippen molar-refractivity contribution in [1.82, 2.24) is 5.06 Å². The van der Waals surface area contributed by atoms with E-state index in [1.165, 1.54) is 0 Å². The number of benzene rings is 2. The fourth-order valence-corrected chi connectivity index (χ4v) is 2.95. The quantitative estimate of drug-likeness (QED) is 0.786. The molecule has 0 N–H and O–H groups in total. The van der Waals surface area contributed by atoms with Crippen LogP contribution in [-0.2, 0) is 16.2 Å². The zero-order valence-electron chi connectivity index (χ0n) is 13.6. The molecular weight excluding hydrogens is 302 g/mol. The number of rotatable bonds is 5. The summed E-state index contributed by atoms with van der Waals surface area (Å²) >= 11 is 0. The summed E-state index contributed by atoms with van der Waals surface area (Å²) in [6, 6.07) is 19.0. The first kappa shape index (κ1) is 16.4. The van der Waals surface area contributed by atoms with Gasteiger partial charge in [-0.25, -0.2) is 4.79 Å². The van der Waals surface area contributed by atoms with Gasteiger partial charge in [0.05, 0.1) is 12.1 Å². The predicted octanol–water partition coefficient (Wildman–Crippen LogP) is 3.77. The van der Waals surface area contributed by atoms with Gasteiger partial charge in [-0.15, -0.1) is 5.06 Å². The molecule has 3 rings (SSSR count). The number of carbonyl (C=O) groups is 2. The lowest BCUT2D eigenvalue weighted by Crippen LogP contribution is -2.39. The summed E-state index contributed by atoms with van der Waals surface area (Å²) in [5.41, 5.74) is 1.61. The van der Waals surface area contributed by atoms with Gasteiger partial charge in [0.25, 0.3) is 0 Å². The van der Waals surface area contributed by atoms with Crippen LogP contribution in [0.25, 0.3) is 0 Å². The third kappa shape index (κ3) is 4.30. The number of ketones is 1. The van der Waals surface area contributed by atoms with E-state index in [9.17, 15) is 9.59 Å². The average molecular weight is 323 g/mol. The normalized spacial score (nSPS) is 15.5. The standard InChI is InChI=1S/C20H21NO3/c22-19-13-11-18(12-14-19)21(15-16-7-3-1-4-8-16)24-20(23)17-9-5-2-6-10-17/h1-10,18H,11-15H2. The van der Waals surface area contributed by atoms with Crippen molar-refractivity contribution in [3.8, 4) is 0 Å². The highest BCUT2D eigenvalue weighted by molar-refractivity contribution is 5.89. The second-order valence-electron chi connectivity index (χ2n) is 6.08. The Morgan fingerprint density at radius 3 is 2.17 bits per heavy atom. The highest BCUT2D eigenvalue weighted by Gasteiger charge is 2.27. The number of hydrogen-bond donors (Lipinski definition) is 0. The molecule has 0 amide bonds. The van der Waals surface area contributed by atoms with Crippen molar-refractivity contribution in [2.75, 3.05) is 0 Å². The van der Waals surface area contributed by atoms with Crippen LogP contribution in [0.5, 0.6) is 0 Å². The molecule has 0 radical (unpaired) electrons. The third-order valence-corrected chi connectivity index (χ3v) is 4.31. The first-order valence-corrected chi connectivity index (χ1v) is 8.32. The van der Waals surface area contributed by atoms with Crippen LogP contribution in [0.2, 0.25) is 0 Å².